The van der Waals surface area contributed by atoms with Crippen molar-refractivity contribution in [1.29, 1.82) is 0 Å². The number of nitrogens with zero attached hydrogens (tertiary/aromatic N) is 2. The van der Waals surface area contributed by atoms with Crippen LogP contribution in [0.1, 0.15) is 32.6 Å². The Hall–Kier alpha value is -1.78. The Morgan fingerprint density at radius 3 is 2.65 bits per heavy atom. The minimum Gasteiger partial charge on any atom is -0.382 e. The van der Waals surface area contributed by atoms with Crippen molar-refractivity contribution >= 4 is 17.1 Å². The van der Waals surface area contributed by atoms with E-state index in [-0.39, 0.29) is 10.6 Å². The minimum absolute atomic E-state index is 0.198. The van der Waals surface area contributed by atoms with Crippen molar-refractivity contribution in [3.05, 3.63) is 28.3 Å². The van der Waals surface area contributed by atoms with Gasteiger partial charge in [0.1, 0.15) is 11.4 Å². The second-order valence-electron chi connectivity index (χ2n) is 5.40. The van der Waals surface area contributed by atoms with Crippen LogP contribution in [0.15, 0.2) is 18.2 Å². The number of rotatable bonds is 5. The normalized spacial score (nSPS) is 16.2. The maximum Gasteiger partial charge on any atom is 0.315 e. The van der Waals surface area contributed by atoms with Crippen molar-refractivity contribution in [2.45, 2.75) is 32.6 Å². The summed E-state index contributed by atoms with van der Waals surface area (Å²) < 4.78 is 0. The molecule has 1 aliphatic rings. The average molecular weight is 277 g/mol. The predicted octanol–water partition coefficient (Wildman–Crippen LogP) is 3.65. The maximum absolute atomic E-state index is 11.3. The molecule has 0 saturated carbocycles. The number of anilines is 2. The Morgan fingerprint density at radius 2 is 2.10 bits per heavy atom. The lowest BCUT2D eigenvalue weighted by Gasteiger charge is -2.33. The monoisotopic (exact) mass is 277 g/mol. The molecule has 5 heteroatoms. The molecule has 1 fully saturated rings. The van der Waals surface area contributed by atoms with Crippen molar-refractivity contribution in [3.63, 3.8) is 0 Å². The fraction of sp³-hybridized carbons (Fsp3) is 0.600. The van der Waals surface area contributed by atoms with E-state index >= 15 is 0 Å². The van der Waals surface area contributed by atoms with Crippen LogP contribution < -0.4 is 10.2 Å². The van der Waals surface area contributed by atoms with Gasteiger partial charge in [0.25, 0.3) is 0 Å². The topological polar surface area (TPSA) is 58.4 Å². The summed E-state index contributed by atoms with van der Waals surface area (Å²) in [6.07, 6.45) is 4.76. The number of benzene rings is 1. The molecule has 0 amide bonds. The van der Waals surface area contributed by atoms with E-state index in [0.717, 1.165) is 37.5 Å². The maximum atomic E-state index is 11.3. The van der Waals surface area contributed by atoms with Gasteiger partial charge in [-0.3, -0.25) is 10.1 Å². The molecule has 5 nitrogen and oxygen atoms in total. The molecule has 1 N–H and O–H groups in total. The molecule has 1 saturated heterocycles. The highest BCUT2D eigenvalue weighted by Gasteiger charge is 2.26. The Labute approximate surface area is 120 Å². The van der Waals surface area contributed by atoms with Gasteiger partial charge in [0, 0.05) is 20.1 Å². The second kappa shape index (κ2) is 6.59. The molecule has 1 aliphatic heterocycles. The molecule has 0 spiro atoms. The number of hydrogen-bond acceptors (Lipinski definition) is 4. The summed E-state index contributed by atoms with van der Waals surface area (Å²) in [5.74, 6) is 0.780. The number of piperidine rings is 1. The summed E-state index contributed by atoms with van der Waals surface area (Å²) >= 11 is 0. The molecule has 0 atom stereocenters. The molecule has 0 aliphatic carbocycles. The number of nitro groups is 1. The van der Waals surface area contributed by atoms with Gasteiger partial charge in [-0.05, 0) is 30.9 Å². The van der Waals surface area contributed by atoms with Crippen molar-refractivity contribution in [2.24, 2.45) is 5.92 Å². The van der Waals surface area contributed by atoms with Gasteiger partial charge in [0.2, 0.25) is 0 Å². The van der Waals surface area contributed by atoms with Crippen molar-refractivity contribution in [1.82, 2.24) is 0 Å². The van der Waals surface area contributed by atoms with E-state index < -0.39 is 0 Å². The SMILES string of the molecule is CCCC1CCN(c2cccc(NC)c2[N+](=O)[O-])CC1. The largest absolute Gasteiger partial charge is 0.382 e. The molecule has 1 aromatic carbocycles. The van der Waals surface area contributed by atoms with Gasteiger partial charge < -0.3 is 10.2 Å². The molecule has 20 heavy (non-hydrogen) atoms. The van der Waals surface area contributed by atoms with E-state index in [1.807, 2.05) is 12.1 Å². The van der Waals surface area contributed by atoms with Crippen molar-refractivity contribution in [2.75, 3.05) is 30.4 Å². The second-order valence-corrected chi connectivity index (χ2v) is 5.40. The molecule has 0 bridgehead atoms. The summed E-state index contributed by atoms with van der Waals surface area (Å²) in [5.41, 5.74) is 1.53. The smallest absolute Gasteiger partial charge is 0.315 e. The van der Waals surface area contributed by atoms with Gasteiger partial charge in [-0.2, -0.15) is 0 Å². The highest BCUT2D eigenvalue weighted by molar-refractivity contribution is 5.77. The Morgan fingerprint density at radius 1 is 1.40 bits per heavy atom. The first kappa shape index (κ1) is 14.6. The molecular weight excluding hydrogens is 254 g/mol. The Balaban J connectivity index is 2.19. The van der Waals surface area contributed by atoms with Gasteiger partial charge in [0.05, 0.1) is 4.92 Å². The first-order valence-corrected chi connectivity index (χ1v) is 7.37. The zero-order chi connectivity index (χ0) is 14.5. The predicted molar refractivity (Wildman–Crippen MR) is 82.5 cm³/mol. The summed E-state index contributed by atoms with van der Waals surface area (Å²) in [4.78, 5) is 13.2. The molecular formula is C15H23N3O2. The molecule has 0 radical (unpaired) electrons. The lowest BCUT2D eigenvalue weighted by atomic mass is 9.92. The van der Waals surface area contributed by atoms with Gasteiger partial charge >= 0.3 is 5.69 Å². The lowest BCUT2D eigenvalue weighted by molar-refractivity contribution is -0.383. The molecule has 0 unspecified atom stereocenters. The molecule has 1 heterocycles. The van der Waals surface area contributed by atoms with Crippen LogP contribution in [0.4, 0.5) is 17.1 Å². The summed E-state index contributed by atoms with van der Waals surface area (Å²) in [7, 11) is 1.72. The van der Waals surface area contributed by atoms with Gasteiger partial charge in [-0.1, -0.05) is 25.8 Å². The molecule has 2 rings (SSSR count). The zero-order valence-corrected chi connectivity index (χ0v) is 12.3. The van der Waals surface area contributed by atoms with Crippen LogP contribution >= 0.6 is 0 Å². The third kappa shape index (κ3) is 3.03. The van der Waals surface area contributed by atoms with Gasteiger partial charge in [-0.15, -0.1) is 0 Å². The highest BCUT2D eigenvalue weighted by atomic mass is 16.6. The van der Waals surface area contributed by atoms with Crippen molar-refractivity contribution in [3.8, 4) is 0 Å². The molecule has 0 aromatic heterocycles. The lowest BCUT2D eigenvalue weighted by Crippen LogP contribution is -2.34. The van der Waals surface area contributed by atoms with E-state index in [1.54, 1.807) is 13.1 Å². The first-order chi connectivity index (χ1) is 9.67. The Bertz CT molecular complexity index is 468. The zero-order valence-electron chi connectivity index (χ0n) is 12.3. The number of nitrogens with one attached hydrogen (secondary N) is 1. The minimum atomic E-state index is -0.278. The number of para-hydroxylation sites is 1. The van der Waals surface area contributed by atoms with Crippen LogP contribution in [-0.4, -0.2) is 25.1 Å². The van der Waals surface area contributed by atoms with E-state index in [9.17, 15) is 10.1 Å². The summed E-state index contributed by atoms with van der Waals surface area (Å²) in [6.45, 7) is 4.05. The van der Waals surface area contributed by atoms with Gasteiger partial charge in [0.15, 0.2) is 0 Å². The quantitative estimate of drug-likeness (QED) is 0.659. The Kier molecular flexibility index (Phi) is 4.82. The summed E-state index contributed by atoms with van der Waals surface area (Å²) in [5, 5.41) is 14.3. The van der Waals surface area contributed by atoms with Crippen molar-refractivity contribution < 1.29 is 4.92 Å². The van der Waals surface area contributed by atoms with Crippen LogP contribution in [0, 0.1) is 16.0 Å². The molecule has 110 valence electrons. The number of hydrogen-bond donors (Lipinski definition) is 1. The van der Waals surface area contributed by atoms with E-state index in [2.05, 4.69) is 17.1 Å². The first-order valence-electron chi connectivity index (χ1n) is 7.37. The number of nitro benzene ring substituents is 1. The summed E-state index contributed by atoms with van der Waals surface area (Å²) in [6, 6.07) is 5.50. The fourth-order valence-corrected chi connectivity index (χ4v) is 3.05. The van der Waals surface area contributed by atoms with Crippen LogP contribution in [0.2, 0.25) is 0 Å². The standard InChI is InChI=1S/C15H23N3O2/c1-3-5-12-8-10-17(11-9-12)14-7-4-6-13(16-2)15(14)18(19)20/h4,6-7,12,16H,3,5,8-11H2,1-2H3. The molecule has 1 aromatic rings. The van der Waals surface area contributed by atoms with E-state index in [4.69, 9.17) is 0 Å². The van der Waals surface area contributed by atoms with Crippen LogP contribution in [0.3, 0.4) is 0 Å². The van der Waals surface area contributed by atoms with Crippen LogP contribution in [0.5, 0.6) is 0 Å². The van der Waals surface area contributed by atoms with Gasteiger partial charge in [-0.25, -0.2) is 0 Å². The van der Waals surface area contributed by atoms with Crippen LogP contribution in [-0.2, 0) is 0 Å². The third-order valence-electron chi connectivity index (χ3n) is 4.12. The third-order valence-corrected chi connectivity index (χ3v) is 4.12. The fourth-order valence-electron chi connectivity index (χ4n) is 3.05. The van der Waals surface area contributed by atoms with Crippen LogP contribution in [0.25, 0.3) is 0 Å². The van der Waals surface area contributed by atoms with E-state index in [0.29, 0.717) is 5.69 Å². The average Bonchev–Trinajstić information content (AvgIpc) is 2.47. The highest BCUT2D eigenvalue weighted by Crippen LogP contribution is 2.37. The van der Waals surface area contributed by atoms with E-state index in [1.165, 1.54) is 12.8 Å².